The first-order valence-corrected chi connectivity index (χ1v) is 7.68. The molecule has 4 aromatic carbocycles. The van der Waals surface area contributed by atoms with Crippen molar-refractivity contribution in [3.8, 4) is 5.75 Å². The molecule has 21 heavy (non-hydrogen) atoms. The molecule has 4 rings (SSSR count). The molecule has 0 bridgehead atoms. The molecule has 0 radical (unpaired) electrons. The Hall–Kier alpha value is -2.28. The van der Waals surface area contributed by atoms with Crippen LogP contribution in [0.25, 0.3) is 32.3 Å². The highest BCUT2D eigenvalue weighted by molar-refractivity contribution is 6.24. The second-order valence-corrected chi connectivity index (χ2v) is 5.62. The van der Waals surface area contributed by atoms with Gasteiger partial charge in [0, 0.05) is 10.8 Å². The monoisotopic (exact) mass is 274 g/mol. The van der Waals surface area contributed by atoms with Crippen molar-refractivity contribution >= 4 is 32.3 Å². The molecular formula is C20H18O. The van der Waals surface area contributed by atoms with Gasteiger partial charge in [0.2, 0.25) is 0 Å². The molecule has 0 saturated heterocycles. The molecule has 0 fully saturated rings. The van der Waals surface area contributed by atoms with E-state index in [1.165, 1.54) is 32.3 Å². The van der Waals surface area contributed by atoms with Gasteiger partial charge < -0.3 is 4.74 Å². The van der Waals surface area contributed by atoms with Gasteiger partial charge in [0.25, 0.3) is 0 Å². The van der Waals surface area contributed by atoms with E-state index < -0.39 is 0 Å². The van der Waals surface area contributed by atoms with Crippen molar-refractivity contribution in [2.45, 2.75) is 19.8 Å². The number of hydrogen-bond donors (Lipinski definition) is 0. The van der Waals surface area contributed by atoms with Crippen LogP contribution in [0.4, 0.5) is 0 Å². The van der Waals surface area contributed by atoms with Gasteiger partial charge in [-0.1, -0.05) is 55.8 Å². The number of unbranched alkanes of at least 4 members (excludes halogenated alkanes) is 1. The normalized spacial score (nSPS) is 11.7. The van der Waals surface area contributed by atoms with E-state index in [-0.39, 0.29) is 0 Å². The van der Waals surface area contributed by atoms with E-state index in [1.807, 2.05) is 0 Å². The molecule has 0 atom stereocenters. The third-order valence-corrected chi connectivity index (χ3v) is 4.24. The maximum Gasteiger partial charge on any atom is 0.127 e. The summed E-state index contributed by atoms with van der Waals surface area (Å²) in [6, 6.07) is 19.6. The van der Waals surface area contributed by atoms with E-state index >= 15 is 0 Å². The highest BCUT2D eigenvalue weighted by atomic mass is 16.5. The fraction of sp³-hybridized carbons (Fsp3) is 0.200. The molecular weight excluding hydrogens is 256 g/mol. The van der Waals surface area contributed by atoms with Gasteiger partial charge in [0.05, 0.1) is 6.61 Å². The molecule has 0 N–H and O–H groups in total. The SMILES string of the molecule is CCCCOc1ccc2ccc3cccc4ccc1c2c34. The van der Waals surface area contributed by atoms with Crippen LogP contribution in [0.3, 0.4) is 0 Å². The summed E-state index contributed by atoms with van der Waals surface area (Å²) in [5, 5.41) is 7.81. The van der Waals surface area contributed by atoms with Crippen molar-refractivity contribution < 1.29 is 4.74 Å². The maximum atomic E-state index is 6.00. The summed E-state index contributed by atoms with van der Waals surface area (Å²) in [5.41, 5.74) is 0. The summed E-state index contributed by atoms with van der Waals surface area (Å²) >= 11 is 0. The molecule has 1 heteroatoms. The van der Waals surface area contributed by atoms with Gasteiger partial charge in [-0.3, -0.25) is 0 Å². The Bertz CT molecular complexity index is 892. The number of ether oxygens (including phenoxy) is 1. The van der Waals surface area contributed by atoms with Gasteiger partial charge in [0.1, 0.15) is 5.75 Å². The minimum absolute atomic E-state index is 0.792. The predicted molar refractivity (Wildman–Crippen MR) is 90.5 cm³/mol. The van der Waals surface area contributed by atoms with E-state index in [9.17, 15) is 0 Å². The number of hydrogen-bond acceptors (Lipinski definition) is 1. The summed E-state index contributed by atoms with van der Waals surface area (Å²) in [4.78, 5) is 0. The largest absolute Gasteiger partial charge is 0.493 e. The lowest BCUT2D eigenvalue weighted by molar-refractivity contribution is 0.313. The van der Waals surface area contributed by atoms with Crippen LogP contribution in [-0.2, 0) is 0 Å². The Labute approximate surface area is 124 Å². The van der Waals surface area contributed by atoms with Crippen LogP contribution in [0.1, 0.15) is 19.8 Å². The van der Waals surface area contributed by atoms with E-state index in [1.54, 1.807) is 0 Å². The minimum Gasteiger partial charge on any atom is -0.493 e. The van der Waals surface area contributed by atoms with E-state index in [4.69, 9.17) is 4.74 Å². The molecule has 0 amide bonds. The van der Waals surface area contributed by atoms with Crippen LogP contribution in [0.5, 0.6) is 5.75 Å². The fourth-order valence-corrected chi connectivity index (χ4v) is 3.16. The maximum absolute atomic E-state index is 6.00. The summed E-state index contributed by atoms with van der Waals surface area (Å²) < 4.78 is 6.00. The lowest BCUT2D eigenvalue weighted by Crippen LogP contribution is -1.97. The summed E-state index contributed by atoms with van der Waals surface area (Å²) in [6.45, 7) is 2.98. The van der Waals surface area contributed by atoms with Crippen LogP contribution in [0.15, 0.2) is 54.6 Å². The molecule has 0 aromatic heterocycles. The molecule has 4 aromatic rings. The van der Waals surface area contributed by atoms with Gasteiger partial charge in [0.15, 0.2) is 0 Å². The predicted octanol–water partition coefficient (Wildman–Crippen LogP) is 5.76. The van der Waals surface area contributed by atoms with Crippen molar-refractivity contribution in [1.29, 1.82) is 0 Å². The second-order valence-electron chi connectivity index (χ2n) is 5.62. The zero-order valence-corrected chi connectivity index (χ0v) is 12.2. The lowest BCUT2D eigenvalue weighted by Gasteiger charge is -2.14. The van der Waals surface area contributed by atoms with Crippen LogP contribution in [0, 0.1) is 0 Å². The smallest absolute Gasteiger partial charge is 0.127 e. The first-order chi connectivity index (χ1) is 10.4. The average molecular weight is 274 g/mol. The van der Waals surface area contributed by atoms with Gasteiger partial charge in [-0.25, -0.2) is 0 Å². The van der Waals surface area contributed by atoms with Gasteiger partial charge >= 0.3 is 0 Å². The topological polar surface area (TPSA) is 9.23 Å². The van der Waals surface area contributed by atoms with Crippen molar-refractivity contribution in [2.24, 2.45) is 0 Å². The third kappa shape index (κ3) is 1.92. The van der Waals surface area contributed by atoms with Crippen molar-refractivity contribution in [3.63, 3.8) is 0 Å². The average Bonchev–Trinajstić information content (AvgIpc) is 2.54. The zero-order valence-electron chi connectivity index (χ0n) is 12.2. The molecule has 0 unspecified atom stereocenters. The zero-order chi connectivity index (χ0) is 14.2. The van der Waals surface area contributed by atoms with Crippen LogP contribution >= 0.6 is 0 Å². The van der Waals surface area contributed by atoms with Gasteiger partial charge in [-0.2, -0.15) is 0 Å². The Morgan fingerprint density at radius 1 is 0.762 bits per heavy atom. The van der Waals surface area contributed by atoms with Crippen molar-refractivity contribution in [3.05, 3.63) is 54.6 Å². The standard InChI is InChI=1S/C20H18O/c1-2-3-13-21-18-12-10-16-8-7-14-5-4-6-15-9-11-17(18)20(16)19(14)15/h4-12H,2-3,13H2,1H3. The Balaban J connectivity index is 2.01. The molecule has 0 aliphatic carbocycles. The van der Waals surface area contributed by atoms with Crippen molar-refractivity contribution in [1.82, 2.24) is 0 Å². The number of rotatable bonds is 4. The molecule has 0 heterocycles. The summed E-state index contributed by atoms with van der Waals surface area (Å²) in [5.74, 6) is 1.01. The highest BCUT2D eigenvalue weighted by Gasteiger charge is 2.10. The molecule has 0 spiro atoms. The quantitative estimate of drug-likeness (QED) is 0.339. The summed E-state index contributed by atoms with van der Waals surface area (Å²) in [7, 11) is 0. The van der Waals surface area contributed by atoms with Crippen LogP contribution in [-0.4, -0.2) is 6.61 Å². The highest BCUT2D eigenvalue weighted by Crippen LogP contribution is 2.38. The molecule has 0 aliphatic heterocycles. The lowest BCUT2D eigenvalue weighted by atomic mass is 9.94. The summed E-state index contributed by atoms with van der Waals surface area (Å²) in [6.07, 6.45) is 2.26. The van der Waals surface area contributed by atoms with Crippen LogP contribution < -0.4 is 4.74 Å². The Morgan fingerprint density at radius 2 is 1.43 bits per heavy atom. The minimum atomic E-state index is 0.792. The van der Waals surface area contributed by atoms with Gasteiger partial charge in [-0.05, 0) is 40.1 Å². The Kier molecular flexibility index (Phi) is 2.92. The fourth-order valence-electron chi connectivity index (χ4n) is 3.16. The van der Waals surface area contributed by atoms with Crippen LogP contribution in [0.2, 0.25) is 0 Å². The first-order valence-electron chi connectivity index (χ1n) is 7.68. The number of benzene rings is 4. The van der Waals surface area contributed by atoms with Crippen molar-refractivity contribution in [2.75, 3.05) is 6.61 Å². The molecule has 0 saturated carbocycles. The first kappa shape index (κ1) is 12.5. The third-order valence-electron chi connectivity index (χ3n) is 4.24. The Morgan fingerprint density at radius 3 is 2.19 bits per heavy atom. The van der Waals surface area contributed by atoms with Gasteiger partial charge in [-0.15, -0.1) is 0 Å². The van der Waals surface area contributed by atoms with E-state index in [0.29, 0.717) is 0 Å². The molecule has 0 aliphatic rings. The van der Waals surface area contributed by atoms with E-state index in [2.05, 4.69) is 61.5 Å². The van der Waals surface area contributed by atoms with E-state index in [0.717, 1.165) is 25.2 Å². The molecule has 1 nitrogen and oxygen atoms in total. The molecule has 104 valence electrons. The second kappa shape index (κ2) is 4.92.